The van der Waals surface area contributed by atoms with Gasteiger partial charge < -0.3 is 20.5 Å². The predicted molar refractivity (Wildman–Crippen MR) is 115 cm³/mol. The van der Waals surface area contributed by atoms with E-state index in [1.807, 2.05) is 13.8 Å². The van der Waals surface area contributed by atoms with Crippen LogP contribution in [0.4, 0.5) is 8.78 Å². The number of hydrogen-bond acceptors (Lipinski definition) is 4. The van der Waals surface area contributed by atoms with Gasteiger partial charge in [-0.1, -0.05) is 38.1 Å². The maximum atomic E-state index is 15.1. The molecule has 4 N–H and O–H groups in total. The molecule has 6 nitrogen and oxygen atoms in total. The van der Waals surface area contributed by atoms with Gasteiger partial charge in [-0.25, -0.2) is 8.78 Å². The minimum Gasteiger partial charge on any atom is -0.487 e. The summed E-state index contributed by atoms with van der Waals surface area (Å²) < 4.78 is 40.7. The van der Waals surface area contributed by atoms with Crippen LogP contribution in [0.3, 0.4) is 0 Å². The Morgan fingerprint density at radius 3 is 2.29 bits per heavy atom. The van der Waals surface area contributed by atoms with Crippen molar-refractivity contribution in [3.05, 3.63) is 64.7 Å². The molecule has 2 aromatic carbocycles. The van der Waals surface area contributed by atoms with Gasteiger partial charge in [-0.3, -0.25) is 10.2 Å². The zero-order valence-corrected chi connectivity index (χ0v) is 18.0. The zero-order valence-electron chi connectivity index (χ0n) is 18.0. The highest BCUT2D eigenvalue weighted by atomic mass is 19.1. The summed E-state index contributed by atoms with van der Waals surface area (Å²) >= 11 is 0. The summed E-state index contributed by atoms with van der Waals surface area (Å²) in [5.74, 6) is -2.66. The average molecular weight is 433 g/mol. The molecule has 31 heavy (non-hydrogen) atoms. The summed E-state index contributed by atoms with van der Waals surface area (Å²) in [5, 5.41) is 10.1. The fourth-order valence-corrected chi connectivity index (χ4v) is 3.06. The van der Waals surface area contributed by atoms with Crippen LogP contribution in [0.15, 0.2) is 36.4 Å². The normalized spacial score (nSPS) is 11.9. The second kappa shape index (κ2) is 11.4. The lowest BCUT2D eigenvalue weighted by Gasteiger charge is -2.21. The number of ether oxygens (including phenoxy) is 2. The summed E-state index contributed by atoms with van der Waals surface area (Å²) in [7, 11) is 0. The standard InChI is InChI=1S/C23H29F2N3O3/c1-4-16(5-2)31-18-12-11-17(24)19(20(18)25)21(30-6-3)23(29)28-13-14-7-9-15(10-8-14)22(26)27/h7-12,16,21H,4-6,13H2,1-3H3,(H3,26,27)(H,28,29). The molecule has 0 aliphatic rings. The van der Waals surface area contributed by atoms with E-state index in [2.05, 4.69) is 5.32 Å². The average Bonchev–Trinajstić information content (AvgIpc) is 2.76. The maximum Gasteiger partial charge on any atom is 0.254 e. The van der Waals surface area contributed by atoms with Crippen molar-refractivity contribution in [1.82, 2.24) is 5.32 Å². The van der Waals surface area contributed by atoms with Crippen molar-refractivity contribution in [3.8, 4) is 5.75 Å². The molecule has 0 aromatic heterocycles. The Labute approximate surface area is 181 Å². The highest BCUT2D eigenvalue weighted by Gasteiger charge is 2.30. The second-order valence-corrected chi connectivity index (χ2v) is 6.99. The highest BCUT2D eigenvalue weighted by Crippen LogP contribution is 2.31. The third kappa shape index (κ3) is 6.24. The number of amides is 1. The minimum atomic E-state index is -1.47. The van der Waals surface area contributed by atoms with Crippen molar-refractivity contribution >= 4 is 11.7 Å². The number of rotatable bonds is 11. The van der Waals surface area contributed by atoms with Crippen molar-refractivity contribution in [2.24, 2.45) is 5.73 Å². The molecule has 168 valence electrons. The van der Waals surface area contributed by atoms with E-state index in [-0.39, 0.29) is 30.8 Å². The lowest BCUT2D eigenvalue weighted by molar-refractivity contribution is -0.133. The van der Waals surface area contributed by atoms with Crippen LogP contribution < -0.4 is 15.8 Å². The third-order valence-corrected chi connectivity index (χ3v) is 4.86. The zero-order chi connectivity index (χ0) is 23.0. The molecule has 0 aliphatic carbocycles. The van der Waals surface area contributed by atoms with Crippen molar-refractivity contribution in [2.75, 3.05) is 6.61 Å². The molecule has 0 radical (unpaired) electrons. The van der Waals surface area contributed by atoms with Crippen LogP contribution in [-0.2, 0) is 16.1 Å². The summed E-state index contributed by atoms with van der Waals surface area (Å²) in [6.07, 6.45) is -0.349. The van der Waals surface area contributed by atoms with E-state index in [1.54, 1.807) is 31.2 Å². The van der Waals surface area contributed by atoms with Crippen molar-refractivity contribution in [2.45, 2.75) is 52.4 Å². The number of benzene rings is 2. The molecule has 0 fully saturated rings. The van der Waals surface area contributed by atoms with Crippen LogP contribution in [-0.4, -0.2) is 24.5 Å². The van der Waals surface area contributed by atoms with Crippen LogP contribution in [0.2, 0.25) is 0 Å². The molecule has 1 unspecified atom stereocenters. The number of nitrogens with one attached hydrogen (secondary N) is 2. The Hall–Kier alpha value is -3.00. The summed E-state index contributed by atoms with van der Waals surface area (Å²) in [6, 6.07) is 9.03. The number of carbonyl (C=O) groups excluding carboxylic acids is 1. The molecule has 0 bridgehead atoms. The van der Waals surface area contributed by atoms with E-state index in [0.29, 0.717) is 18.4 Å². The molecule has 0 heterocycles. The van der Waals surface area contributed by atoms with Gasteiger partial charge in [0.25, 0.3) is 5.91 Å². The van der Waals surface area contributed by atoms with Gasteiger partial charge in [-0.05, 0) is 37.5 Å². The quantitative estimate of drug-likeness (QED) is 0.365. The predicted octanol–water partition coefficient (Wildman–Crippen LogP) is 4.21. The SMILES string of the molecule is CCOC(C(=O)NCc1ccc(C(=N)N)cc1)c1c(F)ccc(OC(CC)CC)c1F. The van der Waals surface area contributed by atoms with Gasteiger partial charge in [0, 0.05) is 18.7 Å². The summed E-state index contributed by atoms with van der Waals surface area (Å²) in [6.45, 7) is 5.67. The summed E-state index contributed by atoms with van der Waals surface area (Å²) in [5.41, 5.74) is 6.24. The number of carbonyl (C=O) groups is 1. The summed E-state index contributed by atoms with van der Waals surface area (Å²) in [4.78, 5) is 12.8. The third-order valence-electron chi connectivity index (χ3n) is 4.86. The van der Waals surface area contributed by atoms with E-state index < -0.39 is 29.2 Å². The number of halogens is 2. The Kier molecular flexibility index (Phi) is 8.93. The van der Waals surface area contributed by atoms with Gasteiger partial charge >= 0.3 is 0 Å². The van der Waals surface area contributed by atoms with Crippen LogP contribution >= 0.6 is 0 Å². The van der Waals surface area contributed by atoms with E-state index in [9.17, 15) is 9.18 Å². The monoisotopic (exact) mass is 433 g/mol. The van der Waals surface area contributed by atoms with Crippen LogP contribution in [0.25, 0.3) is 0 Å². The first-order chi connectivity index (χ1) is 14.8. The fourth-order valence-electron chi connectivity index (χ4n) is 3.06. The van der Waals surface area contributed by atoms with Gasteiger partial charge in [-0.2, -0.15) is 0 Å². The molecule has 0 spiro atoms. The second-order valence-electron chi connectivity index (χ2n) is 6.99. The Morgan fingerprint density at radius 1 is 1.10 bits per heavy atom. The lowest BCUT2D eigenvalue weighted by atomic mass is 10.1. The van der Waals surface area contributed by atoms with E-state index >= 15 is 4.39 Å². The molecule has 0 saturated carbocycles. The highest BCUT2D eigenvalue weighted by molar-refractivity contribution is 5.94. The molecule has 2 rings (SSSR count). The van der Waals surface area contributed by atoms with Gasteiger partial charge in [0.1, 0.15) is 11.7 Å². The van der Waals surface area contributed by atoms with E-state index in [1.165, 1.54) is 6.07 Å². The number of nitrogen functional groups attached to an aromatic ring is 1. The van der Waals surface area contributed by atoms with Crippen LogP contribution in [0, 0.1) is 17.0 Å². The molecule has 0 aliphatic heterocycles. The van der Waals surface area contributed by atoms with Crippen LogP contribution in [0.5, 0.6) is 5.75 Å². The smallest absolute Gasteiger partial charge is 0.254 e. The Bertz CT molecular complexity index is 900. The van der Waals surface area contributed by atoms with E-state index in [4.69, 9.17) is 20.6 Å². The first-order valence-electron chi connectivity index (χ1n) is 10.3. The fraction of sp³-hybridized carbons (Fsp3) is 0.391. The largest absolute Gasteiger partial charge is 0.487 e. The molecule has 0 saturated heterocycles. The molecule has 1 amide bonds. The number of hydrogen-bond donors (Lipinski definition) is 3. The van der Waals surface area contributed by atoms with Gasteiger partial charge in [-0.15, -0.1) is 0 Å². The van der Waals surface area contributed by atoms with Crippen LogP contribution in [0.1, 0.15) is 56.4 Å². The van der Waals surface area contributed by atoms with Gasteiger partial charge in [0.05, 0.1) is 11.7 Å². The maximum absolute atomic E-state index is 15.1. The molecular weight excluding hydrogens is 404 g/mol. The number of nitrogens with two attached hydrogens (primary N) is 1. The van der Waals surface area contributed by atoms with Crippen molar-refractivity contribution < 1.29 is 23.0 Å². The van der Waals surface area contributed by atoms with Gasteiger partial charge in [0.15, 0.2) is 17.7 Å². The van der Waals surface area contributed by atoms with Gasteiger partial charge in [0.2, 0.25) is 0 Å². The molecular formula is C23H29F2N3O3. The van der Waals surface area contributed by atoms with Crippen molar-refractivity contribution in [3.63, 3.8) is 0 Å². The first kappa shape index (κ1) is 24.3. The number of amidine groups is 1. The van der Waals surface area contributed by atoms with E-state index in [0.717, 1.165) is 11.6 Å². The molecule has 1 atom stereocenters. The Morgan fingerprint density at radius 2 is 1.74 bits per heavy atom. The first-order valence-corrected chi connectivity index (χ1v) is 10.3. The lowest BCUT2D eigenvalue weighted by Crippen LogP contribution is -2.32. The molecule has 2 aromatic rings. The topological polar surface area (TPSA) is 97.4 Å². The molecule has 8 heteroatoms. The minimum absolute atomic E-state index is 0.0616. The van der Waals surface area contributed by atoms with Crippen molar-refractivity contribution in [1.29, 1.82) is 5.41 Å². The Balaban J connectivity index is 2.23.